The minimum absolute atomic E-state index is 0.770. The Bertz CT molecular complexity index is 457. The van der Waals surface area contributed by atoms with Crippen LogP contribution in [-0.2, 0) is 12.8 Å². The molecular formula is C20H29N. The van der Waals surface area contributed by atoms with Crippen LogP contribution in [0.15, 0.2) is 24.3 Å². The normalized spacial score (nSPS) is 32.5. The van der Waals surface area contributed by atoms with Crippen LogP contribution in [0, 0.1) is 17.8 Å². The minimum Gasteiger partial charge on any atom is -0.311 e. The van der Waals surface area contributed by atoms with Crippen molar-refractivity contribution in [2.24, 2.45) is 17.8 Å². The van der Waals surface area contributed by atoms with Gasteiger partial charge in [0.15, 0.2) is 0 Å². The summed E-state index contributed by atoms with van der Waals surface area (Å²) in [4.78, 5) is 0. The smallest absolute Gasteiger partial charge is 0.0132 e. The van der Waals surface area contributed by atoms with Gasteiger partial charge in [0.25, 0.3) is 0 Å². The van der Waals surface area contributed by atoms with Gasteiger partial charge in [-0.2, -0.15) is 0 Å². The lowest BCUT2D eigenvalue weighted by Crippen LogP contribution is -2.44. The summed E-state index contributed by atoms with van der Waals surface area (Å²) in [5, 5.41) is 4.11. The Morgan fingerprint density at radius 1 is 1.00 bits per heavy atom. The highest BCUT2D eigenvalue weighted by atomic mass is 15.0. The molecule has 3 aliphatic carbocycles. The predicted molar refractivity (Wildman–Crippen MR) is 88.4 cm³/mol. The van der Waals surface area contributed by atoms with Crippen molar-refractivity contribution in [3.63, 3.8) is 0 Å². The quantitative estimate of drug-likeness (QED) is 0.847. The van der Waals surface area contributed by atoms with Crippen molar-refractivity contribution in [3.8, 4) is 0 Å². The first-order chi connectivity index (χ1) is 10.3. The molecule has 114 valence electrons. The van der Waals surface area contributed by atoms with Gasteiger partial charge in [-0.3, -0.25) is 0 Å². The maximum atomic E-state index is 4.11. The highest BCUT2D eigenvalue weighted by Gasteiger charge is 2.40. The SMILES string of the molecule is CCC(CC1CC1)NC1C2CCC1Cc1ccccc1C2. The van der Waals surface area contributed by atoms with Crippen LogP contribution in [0.3, 0.4) is 0 Å². The van der Waals surface area contributed by atoms with Crippen LogP contribution in [0.2, 0.25) is 0 Å². The molecule has 4 rings (SSSR count). The third-order valence-corrected chi connectivity index (χ3v) is 6.24. The minimum atomic E-state index is 0.770. The largest absolute Gasteiger partial charge is 0.311 e. The molecule has 1 N–H and O–H groups in total. The van der Waals surface area contributed by atoms with E-state index in [1.807, 2.05) is 0 Å². The molecule has 0 radical (unpaired) electrons. The molecule has 2 bridgehead atoms. The van der Waals surface area contributed by atoms with Crippen molar-refractivity contribution < 1.29 is 0 Å². The van der Waals surface area contributed by atoms with Crippen molar-refractivity contribution in [3.05, 3.63) is 35.4 Å². The molecule has 0 aliphatic heterocycles. The number of benzene rings is 1. The van der Waals surface area contributed by atoms with E-state index in [-0.39, 0.29) is 0 Å². The van der Waals surface area contributed by atoms with Gasteiger partial charge in [0.05, 0.1) is 0 Å². The Kier molecular flexibility index (Phi) is 3.79. The molecule has 0 amide bonds. The van der Waals surface area contributed by atoms with Crippen molar-refractivity contribution in [1.29, 1.82) is 0 Å². The Labute approximate surface area is 129 Å². The Morgan fingerprint density at radius 3 is 2.14 bits per heavy atom. The van der Waals surface area contributed by atoms with Crippen LogP contribution in [0.25, 0.3) is 0 Å². The Hall–Kier alpha value is -0.820. The molecule has 21 heavy (non-hydrogen) atoms. The van der Waals surface area contributed by atoms with Gasteiger partial charge in [-0.05, 0) is 67.4 Å². The molecule has 2 saturated carbocycles. The van der Waals surface area contributed by atoms with E-state index in [2.05, 4.69) is 36.5 Å². The predicted octanol–water partition coefficient (Wildman–Crippen LogP) is 4.35. The molecule has 2 fully saturated rings. The van der Waals surface area contributed by atoms with E-state index in [0.29, 0.717) is 0 Å². The molecule has 0 heterocycles. The molecule has 1 heteroatoms. The molecule has 0 spiro atoms. The third kappa shape index (κ3) is 2.90. The number of hydrogen-bond acceptors (Lipinski definition) is 1. The van der Waals surface area contributed by atoms with Gasteiger partial charge in [-0.15, -0.1) is 0 Å². The van der Waals surface area contributed by atoms with Crippen LogP contribution >= 0.6 is 0 Å². The van der Waals surface area contributed by atoms with E-state index < -0.39 is 0 Å². The van der Waals surface area contributed by atoms with Crippen molar-refractivity contribution >= 4 is 0 Å². The molecule has 1 nitrogen and oxygen atoms in total. The second-order valence-corrected chi connectivity index (χ2v) is 7.75. The lowest BCUT2D eigenvalue weighted by molar-refractivity contribution is 0.288. The first-order valence-corrected chi connectivity index (χ1v) is 9.16. The van der Waals surface area contributed by atoms with Gasteiger partial charge < -0.3 is 5.32 Å². The molecule has 1 aromatic carbocycles. The first-order valence-electron chi connectivity index (χ1n) is 9.16. The third-order valence-electron chi connectivity index (χ3n) is 6.24. The monoisotopic (exact) mass is 283 g/mol. The number of hydrogen-bond donors (Lipinski definition) is 1. The van der Waals surface area contributed by atoms with E-state index in [4.69, 9.17) is 0 Å². The highest BCUT2D eigenvalue weighted by Crippen LogP contribution is 2.41. The summed E-state index contributed by atoms with van der Waals surface area (Å²) in [5.41, 5.74) is 3.26. The number of fused-ring (bicyclic) bond motifs is 3. The summed E-state index contributed by atoms with van der Waals surface area (Å²) in [7, 11) is 0. The van der Waals surface area contributed by atoms with Gasteiger partial charge in [-0.1, -0.05) is 44.0 Å². The molecular weight excluding hydrogens is 254 g/mol. The summed E-state index contributed by atoms with van der Waals surface area (Å²) < 4.78 is 0. The van der Waals surface area contributed by atoms with Gasteiger partial charge >= 0.3 is 0 Å². The zero-order valence-electron chi connectivity index (χ0n) is 13.4. The topological polar surface area (TPSA) is 12.0 Å². The second-order valence-electron chi connectivity index (χ2n) is 7.75. The first kappa shape index (κ1) is 13.8. The second kappa shape index (κ2) is 5.76. The molecule has 3 atom stereocenters. The van der Waals surface area contributed by atoms with Crippen molar-refractivity contribution in [2.45, 2.75) is 70.4 Å². The lowest BCUT2D eigenvalue weighted by Gasteiger charge is -2.29. The van der Waals surface area contributed by atoms with Gasteiger partial charge in [0.1, 0.15) is 0 Å². The highest BCUT2D eigenvalue weighted by molar-refractivity contribution is 5.30. The van der Waals surface area contributed by atoms with Crippen molar-refractivity contribution in [2.75, 3.05) is 0 Å². The fourth-order valence-electron chi connectivity index (χ4n) is 4.80. The van der Waals surface area contributed by atoms with Gasteiger partial charge in [0, 0.05) is 12.1 Å². The van der Waals surface area contributed by atoms with Gasteiger partial charge in [-0.25, -0.2) is 0 Å². The maximum Gasteiger partial charge on any atom is 0.0132 e. The number of nitrogens with one attached hydrogen (secondary N) is 1. The zero-order valence-corrected chi connectivity index (χ0v) is 13.4. The molecule has 0 aromatic heterocycles. The van der Waals surface area contributed by atoms with Crippen LogP contribution in [0.1, 0.15) is 56.6 Å². The van der Waals surface area contributed by atoms with E-state index in [9.17, 15) is 0 Å². The van der Waals surface area contributed by atoms with Crippen LogP contribution in [-0.4, -0.2) is 12.1 Å². The van der Waals surface area contributed by atoms with E-state index in [1.54, 1.807) is 11.1 Å². The molecule has 0 saturated heterocycles. The molecule has 3 unspecified atom stereocenters. The van der Waals surface area contributed by atoms with Gasteiger partial charge in [0.2, 0.25) is 0 Å². The number of rotatable bonds is 5. The van der Waals surface area contributed by atoms with Crippen LogP contribution in [0.4, 0.5) is 0 Å². The summed E-state index contributed by atoms with van der Waals surface area (Å²) in [6.07, 6.45) is 11.2. The van der Waals surface area contributed by atoms with E-state index >= 15 is 0 Å². The molecule has 3 aliphatic rings. The summed E-state index contributed by atoms with van der Waals surface area (Å²) >= 11 is 0. The van der Waals surface area contributed by atoms with Crippen molar-refractivity contribution in [1.82, 2.24) is 5.32 Å². The maximum absolute atomic E-state index is 4.11. The average molecular weight is 283 g/mol. The Morgan fingerprint density at radius 2 is 1.62 bits per heavy atom. The van der Waals surface area contributed by atoms with E-state index in [0.717, 1.165) is 29.8 Å². The van der Waals surface area contributed by atoms with Crippen LogP contribution < -0.4 is 5.32 Å². The standard InChI is InChI=1S/C20H29N/c1-2-19(11-14-7-8-14)21-20-17-9-10-18(20)13-16-6-4-3-5-15(16)12-17/h3-6,14,17-21H,2,7-13H2,1H3. The lowest BCUT2D eigenvalue weighted by atomic mass is 9.93. The fourth-order valence-corrected chi connectivity index (χ4v) is 4.80. The van der Waals surface area contributed by atoms with Crippen LogP contribution in [0.5, 0.6) is 0 Å². The summed E-state index contributed by atoms with van der Waals surface area (Å²) in [6.45, 7) is 2.37. The summed E-state index contributed by atoms with van der Waals surface area (Å²) in [5.74, 6) is 2.81. The summed E-state index contributed by atoms with van der Waals surface area (Å²) in [6, 6.07) is 10.7. The fraction of sp³-hybridized carbons (Fsp3) is 0.700. The zero-order chi connectivity index (χ0) is 14.2. The van der Waals surface area contributed by atoms with E-state index in [1.165, 1.54) is 51.4 Å². The molecule has 1 aromatic rings. The average Bonchev–Trinajstić information content (AvgIpc) is 3.24. The Balaban J connectivity index is 1.49.